The molecule has 4 rings (SSSR count). The third-order valence-corrected chi connectivity index (χ3v) is 5.85. The van der Waals surface area contributed by atoms with Crippen molar-refractivity contribution in [3.8, 4) is 5.88 Å². The number of imide groups is 1. The Morgan fingerprint density at radius 1 is 1.12 bits per heavy atom. The molecule has 0 spiro atoms. The highest BCUT2D eigenvalue weighted by Crippen LogP contribution is 2.27. The zero-order chi connectivity index (χ0) is 23.2. The topological polar surface area (TPSA) is 114 Å². The lowest BCUT2D eigenvalue weighted by atomic mass is 10.2. The number of methoxy groups -OCH3 is 1. The summed E-state index contributed by atoms with van der Waals surface area (Å²) in [6.07, 6.45) is 1.54. The average Bonchev–Trinajstić information content (AvgIpc) is 3.15. The number of rotatable bonds is 7. The number of carbonyl (C=O) groups excluding carboxylic acids is 3. The van der Waals surface area contributed by atoms with Crippen molar-refractivity contribution >= 4 is 40.8 Å². The first-order valence-electron chi connectivity index (χ1n) is 10.4. The minimum absolute atomic E-state index is 0.00724. The number of nitrogens with one attached hydrogen (secondary N) is 1. The largest absolute Gasteiger partial charge is 0.475 e. The van der Waals surface area contributed by atoms with E-state index in [9.17, 15) is 14.4 Å². The molecule has 0 atom stereocenters. The molecule has 2 fully saturated rings. The van der Waals surface area contributed by atoms with Crippen LogP contribution in [0.2, 0.25) is 0 Å². The number of piperazine rings is 1. The molecule has 172 valence electrons. The highest BCUT2D eigenvalue weighted by atomic mass is 32.2. The van der Waals surface area contributed by atoms with E-state index in [1.54, 1.807) is 30.2 Å². The summed E-state index contributed by atoms with van der Waals surface area (Å²) < 4.78 is 10.7. The first-order chi connectivity index (χ1) is 16.0. The standard InChI is InChI=1S/C22H23N5O5S/c1-31-11-12-32-18-14-16(13-17-19(28)25-22(30)33-17)23-21(24-18)27-9-7-26(8-10-27)20(29)15-5-3-2-4-6-15/h2-6,13-14H,7-12H2,1H3,(H,25,28,30)/b17-13+. The van der Waals surface area contributed by atoms with Gasteiger partial charge in [0.05, 0.1) is 17.2 Å². The van der Waals surface area contributed by atoms with Gasteiger partial charge < -0.3 is 19.3 Å². The van der Waals surface area contributed by atoms with Crippen LogP contribution in [0.15, 0.2) is 41.3 Å². The molecular formula is C22H23N5O5S. The number of hydrogen-bond acceptors (Lipinski definition) is 9. The van der Waals surface area contributed by atoms with Crippen molar-refractivity contribution in [2.24, 2.45) is 0 Å². The first-order valence-corrected chi connectivity index (χ1v) is 11.2. The maximum atomic E-state index is 12.7. The molecule has 2 aliphatic rings. The zero-order valence-corrected chi connectivity index (χ0v) is 18.8. The van der Waals surface area contributed by atoms with Gasteiger partial charge in [-0.25, -0.2) is 4.98 Å². The van der Waals surface area contributed by atoms with E-state index in [0.29, 0.717) is 62.5 Å². The van der Waals surface area contributed by atoms with Crippen molar-refractivity contribution in [2.75, 3.05) is 51.4 Å². The van der Waals surface area contributed by atoms with Crippen LogP contribution in [-0.4, -0.2) is 78.4 Å². The molecule has 0 aliphatic carbocycles. The number of aromatic nitrogens is 2. The van der Waals surface area contributed by atoms with Gasteiger partial charge in [-0.05, 0) is 30.0 Å². The van der Waals surface area contributed by atoms with Crippen LogP contribution in [-0.2, 0) is 9.53 Å². The average molecular weight is 470 g/mol. The molecule has 0 unspecified atom stereocenters. The van der Waals surface area contributed by atoms with Gasteiger partial charge in [-0.2, -0.15) is 4.98 Å². The first kappa shape index (κ1) is 22.7. The molecule has 2 aliphatic heterocycles. The van der Waals surface area contributed by atoms with Gasteiger partial charge in [0.25, 0.3) is 17.1 Å². The molecule has 3 amide bonds. The number of hydrogen-bond donors (Lipinski definition) is 1. The van der Waals surface area contributed by atoms with Crippen molar-refractivity contribution in [3.63, 3.8) is 0 Å². The van der Waals surface area contributed by atoms with Crippen LogP contribution in [0.5, 0.6) is 5.88 Å². The molecule has 0 bridgehead atoms. The van der Waals surface area contributed by atoms with E-state index >= 15 is 0 Å². The number of ether oxygens (including phenoxy) is 2. The van der Waals surface area contributed by atoms with Crippen LogP contribution in [0.3, 0.4) is 0 Å². The van der Waals surface area contributed by atoms with E-state index in [1.165, 1.54) is 6.08 Å². The second-order valence-corrected chi connectivity index (χ2v) is 8.28. The van der Waals surface area contributed by atoms with Gasteiger partial charge in [0.2, 0.25) is 11.8 Å². The third-order valence-electron chi connectivity index (χ3n) is 5.04. The van der Waals surface area contributed by atoms with Gasteiger partial charge in [-0.3, -0.25) is 19.7 Å². The zero-order valence-electron chi connectivity index (χ0n) is 18.0. The fourth-order valence-electron chi connectivity index (χ4n) is 3.38. The molecule has 2 saturated heterocycles. The van der Waals surface area contributed by atoms with Crippen molar-refractivity contribution < 1.29 is 23.9 Å². The highest BCUT2D eigenvalue weighted by molar-refractivity contribution is 8.18. The van der Waals surface area contributed by atoms with Gasteiger partial charge >= 0.3 is 0 Å². The summed E-state index contributed by atoms with van der Waals surface area (Å²) in [4.78, 5) is 49.2. The second-order valence-electron chi connectivity index (χ2n) is 7.27. The van der Waals surface area contributed by atoms with Crippen molar-refractivity contribution in [1.29, 1.82) is 0 Å². The van der Waals surface area contributed by atoms with Gasteiger partial charge in [0.1, 0.15) is 6.61 Å². The van der Waals surface area contributed by atoms with Crippen molar-refractivity contribution in [3.05, 3.63) is 52.6 Å². The summed E-state index contributed by atoms with van der Waals surface area (Å²) in [6, 6.07) is 10.8. The van der Waals surface area contributed by atoms with Crippen LogP contribution in [0.1, 0.15) is 16.1 Å². The predicted octanol–water partition coefficient (Wildman–Crippen LogP) is 1.79. The SMILES string of the molecule is COCCOc1cc(/C=C2/SC(=O)NC2=O)nc(N2CCN(C(=O)c3ccccc3)CC2)n1. The maximum absolute atomic E-state index is 12.7. The molecule has 10 nitrogen and oxygen atoms in total. The summed E-state index contributed by atoms with van der Waals surface area (Å²) in [5.41, 5.74) is 1.11. The van der Waals surface area contributed by atoms with Crippen molar-refractivity contribution in [1.82, 2.24) is 20.2 Å². The lowest BCUT2D eigenvalue weighted by molar-refractivity contribution is -0.115. The summed E-state index contributed by atoms with van der Waals surface area (Å²) in [5, 5.41) is 1.81. The Morgan fingerprint density at radius 3 is 2.55 bits per heavy atom. The number of amides is 3. The molecule has 1 aromatic carbocycles. The number of benzene rings is 1. The quantitative estimate of drug-likeness (QED) is 0.479. The molecule has 11 heteroatoms. The molecule has 2 aromatic rings. The lowest BCUT2D eigenvalue weighted by Gasteiger charge is -2.35. The van der Waals surface area contributed by atoms with E-state index in [4.69, 9.17) is 9.47 Å². The van der Waals surface area contributed by atoms with E-state index in [2.05, 4.69) is 15.3 Å². The minimum Gasteiger partial charge on any atom is -0.475 e. The van der Waals surface area contributed by atoms with Gasteiger partial charge in [-0.15, -0.1) is 0 Å². The monoisotopic (exact) mass is 469 g/mol. The summed E-state index contributed by atoms with van der Waals surface area (Å²) in [7, 11) is 1.58. The van der Waals surface area contributed by atoms with Crippen LogP contribution in [0.4, 0.5) is 10.7 Å². The van der Waals surface area contributed by atoms with Gasteiger partial charge in [0.15, 0.2) is 0 Å². The number of anilines is 1. The third kappa shape index (κ3) is 5.68. The number of thioether (sulfide) groups is 1. The Balaban J connectivity index is 1.51. The normalized spacial score (nSPS) is 17.4. The van der Waals surface area contributed by atoms with E-state index in [1.807, 2.05) is 23.1 Å². The summed E-state index contributed by atoms with van der Waals surface area (Å²) >= 11 is 0.821. The van der Waals surface area contributed by atoms with Gasteiger partial charge in [-0.1, -0.05) is 18.2 Å². The molecule has 0 radical (unpaired) electrons. The second kappa shape index (κ2) is 10.5. The van der Waals surface area contributed by atoms with Crippen LogP contribution in [0, 0.1) is 0 Å². The van der Waals surface area contributed by atoms with E-state index in [0.717, 1.165) is 11.8 Å². The van der Waals surface area contributed by atoms with Crippen LogP contribution >= 0.6 is 11.8 Å². The molecule has 1 aromatic heterocycles. The van der Waals surface area contributed by atoms with Crippen molar-refractivity contribution in [2.45, 2.75) is 0 Å². The Kier molecular flexibility index (Phi) is 7.20. The number of carbonyl (C=O) groups is 3. The van der Waals surface area contributed by atoms with Crippen LogP contribution in [0.25, 0.3) is 6.08 Å². The van der Waals surface area contributed by atoms with E-state index in [-0.39, 0.29) is 10.8 Å². The minimum atomic E-state index is -0.458. The van der Waals surface area contributed by atoms with Gasteiger partial charge in [0, 0.05) is 44.9 Å². The van der Waals surface area contributed by atoms with Crippen LogP contribution < -0.4 is 15.0 Å². The fourth-order valence-corrected chi connectivity index (χ4v) is 4.04. The Morgan fingerprint density at radius 2 is 1.88 bits per heavy atom. The number of nitrogens with zero attached hydrogens (tertiary/aromatic N) is 4. The summed E-state index contributed by atoms with van der Waals surface area (Å²) in [5.74, 6) is 0.298. The Hall–Kier alpha value is -3.44. The predicted molar refractivity (Wildman–Crippen MR) is 123 cm³/mol. The maximum Gasteiger partial charge on any atom is 0.290 e. The summed E-state index contributed by atoms with van der Waals surface area (Å²) in [6.45, 7) is 2.83. The molecular weight excluding hydrogens is 446 g/mol. The molecule has 0 saturated carbocycles. The fraction of sp³-hybridized carbons (Fsp3) is 0.318. The van der Waals surface area contributed by atoms with E-state index < -0.39 is 11.1 Å². The molecule has 1 N–H and O–H groups in total. The molecule has 33 heavy (non-hydrogen) atoms. The molecule has 3 heterocycles. The smallest absolute Gasteiger partial charge is 0.290 e. The highest BCUT2D eigenvalue weighted by Gasteiger charge is 2.27. The Bertz CT molecular complexity index is 1070. The Labute approximate surface area is 195 Å². The lowest BCUT2D eigenvalue weighted by Crippen LogP contribution is -2.49.